The van der Waals surface area contributed by atoms with Gasteiger partial charge >= 0.3 is 0 Å². The Hall–Kier alpha value is -1.35. The topological polar surface area (TPSA) is 55.1 Å². The number of nitrogens with two attached hydrogens (primary N) is 1. The van der Waals surface area contributed by atoms with Crippen molar-refractivity contribution in [2.24, 2.45) is 11.7 Å². The van der Waals surface area contributed by atoms with Crippen LogP contribution in [0.25, 0.3) is 0 Å². The average Bonchev–Trinajstić information content (AvgIpc) is 3.13. The van der Waals surface area contributed by atoms with E-state index in [0.717, 1.165) is 38.5 Å². The lowest BCUT2D eigenvalue weighted by molar-refractivity contribution is -0.125. The van der Waals surface area contributed by atoms with Crippen molar-refractivity contribution < 1.29 is 4.79 Å². The van der Waals surface area contributed by atoms with Gasteiger partial charge in [-0.05, 0) is 56.1 Å². The van der Waals surface area contributed by atoms with Crippen molar-refractivity contribution in [1.29, 1.82) is 0 Å². The fraction of sp³-hybridized carbons (Fsp3) is 0.611. The second kappa shape index (κ2) is 5.80. The van der Waals surface area contributed by atoms with Crippen molar-refractivity contribution in [3.63, 3.8) is 0 Å². The van der Waals surface area contributed by atoms with E-state index < -0.39 is 0 Å². The zero-order valence-corrected chi connectivity index (χ0v) is 12.9. The molecule has 1 aromatic rings. The van der Waals surface area contributed by atoms with Crippen molar-refractivity contribution in [3.05, 3.63) is 35.4 Å². The lowest BCUT2D eigenvalue weighted by atomic mass is 9.91. The number of benzene rings is 1. The molecule has 2 aliphatic rings. The van der Waals surface area contributed by atoms with Gasteiger partial charge in [-0.3, -0.25) is 4.79 Å². The summed E-state index contributed by atoms with van der Waals surface area (Å²) in [6, 6.07) is 9.06. The number of hydrogen-bond donors (Lipinski definition) is 2. The standard InChI is InChI=1S/C18H26N2O/c1-13(17(21)20-16-3-2-4-16)11-14-5-7-15(8-6-14)12-18(19)9-10-18/h5-8,13,16H,2-4,9-12,19H2,1H3,(H,20,21). The normalized spacial score (nSPS) is 21.4. The average molecular weight is 286 g/mol. The molecule has 21 heavy (non-hydrogen) atoms. The van der Waals surface area contributed by atoms with Crippen LogP contribution in [0.15, 0.2) is 24.3 Å². The van der Waals surface area contributed by atoms with Gasteiger partial charge in [0.15, 0.2) is 0 Å². The fourth-order valence-electron chi connectivity index (χ4n) is 2.88. The maximum Gasteiger partial charge on any atom is 0.223 e. The molecule has 114 valence electrons. The fourth-order valence-corrected chi connectivity index (χ4v) is 2.88. The Bertz CT molecular complexity index is 500. The summed E-state index contributed by atoms with van der Waals surface area (Å²) in [6.07, 6.45) is 7.63. The third-order valence-corrected chi connectivity index (χ3v) is 4.91. The van der Waals surface area contributed by atoms with Gasteiger partial charge in [0.2, 0.25) is 5.91 Å². The predicted octanol–water partition coefficient (Wildman–Crippen LogP) is 2.57. The number of rotatable bonds is 6. The second-order valence-corrected chi connectivity index (χ2v) is 7.10. The Labute approximate surface area is 127 Å². The molecule has 3 heteroatoms. The SMILES string of the molecule is CC(Cc1ccc(CC2(N)CC2)cc1)C(=O)NC1CCC1. The molecule has 0 bridgehead atoms. The second-order valence-electron chi connectivity index (χ2n) is 7.10. The number of carbonyl (C=O) groups excluding carboxylic acids is 1. The molecule has 2 aliphatic carbocycles. The Morgan fingerprint density at radius 3 is 2.43 bits per heavy atom. The molecule has 3 N–H and O–H groups in total. The Morgan fingerprint density at radius 1 is 1.29 bits per heavy atom. The van der Waals surface area contributed by atoms with Crippen LogP contribution in [0.3, 0.4) is 0 Å². The summed E-state index contributed by atoms with van der Waals surface area (Å²) >= 11 is 0. The molecule has 3 nitrogen and oxygen atoms in total. The zero-order valence-electron chi connectivity index (χ0n) is 12.9. The lowest BCUT2D eigenvalue weighted by Gasteiger charge is -2.27. The molecule has 0 heterocycles. The predicted molar refractivity (Wildman–Crippen MR) is 84.9 cm³/mol. The summed E-state index contributed by atoms with van der Waals surface area (Å²) < 4.78 is 0. The largest absolute Gasteiger partial charge is 0.353 e. The highest BCUT2D eigenvalue weighted by molar-refractivity contribution is 5.79. The molecule has 2 fully saturated rings. The molecule has 0 saturated heterocycles. The molecule has 1 aromatic carbocycles. The number of nitrogens with one attached hydrogen (secondary N) is 1. The third-order valence-electron chi connectivity index (χ3n) is 4.91. The van der Waals surface area contributed by atoms with Crippen LogP contribution in [-0.4, -0.2) is 17.5 Å². The minimum atomic E-state index is 0.0423. The van der Waals surface area contributed by atoms with E-state index in [0.29, 0.717) is 6.04 Å². The first-order valence-electron chi connectivity index (χ1n) is 8.21. The monoisotopic (exact) mass is 286 g/mol. The minimum Gasteiger partial charge on any atom is -0.353 e. The van der Waals surface area contributed by atoms with Gasteiger partial charge in [-0.1, -0.05) is 31.2 Å². The van der Waals surface area contributed by atoms with Gasteiger partial charge in [-0.25, -0.2) is 0 Å². The van der Waals surface area contributed by atoms with E-state index in [1.807, 2.05) is 6.92 Å². The summed E-state index contributed by atoms with van der Waals surface area (Å²) in [7, 11) is 0. The molecular formula is C18H26N2O. The van der Waals surface area contributed by atoms with Crippen LogP contribution < -0.4 is 11.1 Å². The van der Waals surface area contributed by atoms with Crippen LogP contribution in [0.1, 0.15) is 50.2 Å². The van der Waals surface area contributed by atoms with E-state index in [2.05, 4.69) is 29.6 Å². The van der Waals surface area contributed by atoms with Gasteiger partial charge in [0.05, 0.1) is 0 Å². The summed E-state index contributed by atoms with van der Waals surface area (Å²) in [5.74, 6) is 0.239. The molecule has 3 rings (SSSR count). The molecular weight excluding hydrogens is 260 g/mol. The van der Waals surface area contributed by atoms with Crippen LogP contribution in [0.2, 0.25) is 0 Å². The first-order chi connectivity index (χ1) is 10.0. The molecule has 0 aliphatic heterocycles. The van der Waals surface area contributed by atoms with Crippen molar-refractivity contribution in [1.82, 2.24) is 5.32 Å². The van der Waals surface area contributed by atoms with E-state index in [-0.39, 0.29) is 17.4 Å². The van der Waals surface area contributed by atoms with Crippen molar-refractivity contribution in [2.75, 3.05) is 0 Å². The Balaban J connectivity index is 1.50. The first kappa shape index (κ1) is 14.6. The summed E-state index contributed by atoms with van der Waals surface area (Å²) in [5, 5.41) is 3.13. The molecule has 0 aromatic heterocycles. The van der Waals surface area contributed by atoms with Gasteiger partial charge in [0.25, 0.3) is 0 Å². The van der Waals surface area contributed by atoms with E-state index in [4.69, 9.17) is 5.73 Å². The van der Waals surface area contributed by atoms with Crippen molar-refractivity contribution >= 4 is 5.91 Å². The summed E-state index contributed by atoms with van der Waals surface area (Å²) in [4.78, 5) is 12.1. The van der Waals surface area contributed by atoms with Gasteiger partial charge in [0.1, 0.15) is 0 Å². The summed E-state index contributed by atoms with van der Waals surface area (Å²) in [6.45, 7) is 2.01. The third kappa shape index (κ3) is 3.85. The molecule has 1 atom stereocenters. The Morgan fingerprint density at radius 2 is 1.90 bits per heavy atom. The lowest BCUT2D eigenvalue weighted by Crippen LogP contribution is -2.42. The highest BCUT2D eigenvalue weighted by atomic mass is 16.1. The maximum absolute atomic E-state index is 12.1. The number of hydrogen-bond acceptors (Lipinski definition) is 2. The van der Waals surface area contributed by atoms with E-state index in [1.54, 1.807) is 0 Å². The molecule has 0 radical (unpaired) electrons. The Kier molecular flexibility index (Phi) is 4.03. The van der Waals surface area contributed by atoms with Crippen LogP contribution >= 0.6 is 0 Å². The minimum absolute atomic E-state index is 0.0423. The zero-order chi connectivity index (χ0) is 14.9. The van der Waals surface area contributed by atoms with Crippen LogP contribution in [-0.2, 0) is 17.6 Å². The molecule has 1 amide bonds. The van der Waals surface area contributed by atoms with E-state index in [1.165, 1.54) is 17.5 Å². The quantitative estimate of drug-likeness (QED) is 0.844. The van der Waals surface area contributed by atoms with Crippen molar-refractivity contribution in [3.8, 4) is 0 Å². The van der Waals surface area contributed by atoms with Crippen LogP contribution in [0.4, 0.5) is 0 Å². The highest BCUT2D eigenvalue weighted by Crippen LogP contribution is 2.35. The van der Waals surface area contributed by atoms with Crippen LogP contribution in [0, 0.1) is 5.92 Å². The van der Waals surface area contributed by atoms with Crippen molar-refractivity contribution in [2.45, 2.75) is 63.5 Å². The van der Waals surface area contributed by atoms with E-state index >= 15 is 0 Å². The van der Waals surface area contributed by atoms with Gasteiger partial charge in [-0.15, -0.1) is 0 Å². The van der Waals surface area contributed by atoms with E-state index in [9.17, 15) is 4.79 Å². The number of carbonyl (C=O) groups is 1. The van der Waals surface area contributed by atoms with Gasteiger partial charge in [0, 0.05) is 17.5 Å². The number of amides is 1. The molecule has 1 unspecified atom stereocenters. The van der Waals surface area contributed by atoms with Crippen LogP contribution in [0.5, 0.6) is 0 Å². The first-order valence-corrected chi connectivity index (χ1v) is 8.21. The van der Waals surface area contributed by atoms with Gasteiger partial charge in [-0.2, -0.15) is 0 Å². The smallest absolute Gasteiger partial charge is 0.223 e. The highest BCUT2D eigenvalue weighted by Gasteiger charge is 2.37. The molecule has 2 saturated carbocycles. The molecule has 0 spiro atoms. The van der Waals surface area contributed by atoms with Gasteiger partial charge < -0.3 is 11.1 Å². The summed E-state index contributed by atoms with van der Waals surface area (Å²) in [5.41, 5.74) is 8.76. The maximum atomic E-state index is 12.1.